The zero-order valence-corrected chi connectivity index (χ0v) is 39.5. The molecule has 3 heterocycles. The lowest BCUT2D eigenvalue weighted by Crippen LogP contribution is -2.47. The number of thioether (sulfide) groups is 1. The van der Waals surface area contributed by atoms with Crippen molar-refractivity contribution >= 4 is 46.1 Å². The number of piperazine rings is 1. The summed E-state index contributed by atoms with van der Waals surface area (Å²) in [6.45, 7) is 19.9. The molecule has 342 valence electrons. The fourth-order valence-corrected chi connectivity index (χ4v) is 11.9. The van der Waals surface area contributed by atoms with E-state index < -0.39 is 17.2 Å². The maximum atomic E-state index is 15.5. The number of fused-ring (bicyclic) bond motifs is 4. The molecule has 2 aliphatic heterocycles. The molecule has 0 bridgehead atoms. The van der Waals surface area contributed by atoms with Crippen molar-refractivity contribution in [2.75, 3.05) is 31.1 Å². The molecule has 2 aliphatic carbocycles. The normalized spacial score (nSPS) is 26.6. The summed E-state index contributed by atoms with van der Waals surface area (Å²) in [5, 5.41) is 4.16. The number of benzene rings is 1. The number of hydrogen-bond acceptors (Lipinski definition) is 9. The lowest BCUT2D eigenvalue weighted by molar-refractivity contribution is -0.162. The Balaban J connectivity index is 0.956. The molecule has 6 atom stereocenters. The van der Waals surface area contributed by atoms with Crippen LogP contribution in [0.3, 0.4) is 0 Å². The van der Waals surface area contributed by atoms with Crippen LogP contribution in [0.4, 0.5) is 10.1 Å². The summed E-state index contributed by atoms with van der Waals surface area (Å²) in [7, 11) is 0. The number of anilines is 1. The molecule has 1 saturated carbocycles. The number of carbonyl (C=O) groups is 3. The molecule has 0 amide bonds. The van der Waals surface area contributed by atoms with Crippen molar-refractivity contribution in [2.24, 2.45) is 16.7 Å². The topological polar surface area (TPSA) is 107 Å². The van der Waals surface area contributed by atoms with Crippen LogP contribution < -0.4 is 15.6 Å². The summed E-state index contributed by atoms with van der Waals surface area (Å²) in [5.74, 6) is -0.928. The van der Waals surface area contributed by atoms with Crippen LogP contribution in [0.5, 0.6) is 0 Å². The largest absolute Gasteiger partial charge is 0.461 e. The molecule has 0 spiro atoms. The first kappa shape index (κ1) is 48.0. The first-order chi connectivity index (χ1) is 29.7. The van der Waals surface area contributed by atoms with Crippen molar-refractivity contribution in [2.45, 2.75) is 186 Å². The molecule has 1 saturated heterocycles. The van der Waals surface area contributed by atoms with Crippen molar-refractivity contribution in [1.82, 2.24) is 9.88 Å². The molecule has 1 aromatic carbocycles. The van der Waals surface area contributed by atoms with Crippen LogP contribution in [0.15, 0.2) is 45.8 Å². The van der Waals surface area contributed by atoms with Gasteiger partial charge in [-0.25, -0.2) is 9.18 Å². The van der Waals surface area contributed by atoms with Gasteiger partial charge in [-0.2, -0.15) is 0 Å². The number of halogens is 1. The molecule has 2 fully saturated rings. The Hall–Kier alpha value is -3.44. The zero-order chi connectivity index (χ0) is 44.6. The van der Waals surface area contributed by atoms with Crippen LogP contribution in [0.2, 0.25) is 0 Å². The molecule has 62 heavy (non-hydrogen) atoms. The van der Waals surface area contributed by atoms with Crippen molar-refractivity contribution in [3.8, 4) is 0 Å². The number of pyridine rings is 1. The van der Waals surface area contributed by atoms with E-state index in [1.54, 1.807) is 6.07 Å². The summed E-state index contributed by atoms with van der Waals surface area (Å²) in [6.07, 6.45) is 18.6. The van der Waals surface area contributed by atoms with E-state index in [0.29, 0.717) is 42.2 Å². The highest BCUT2D eigenvalue weighted by Crippen LogP contribution is 2.55. The number of nitrogens with one attached hydrogen (secondary N) is 1. The number of ether oxygens (including phenoxy) is 2. The summed E-state index contributed by atoms with van der Waals surface area (Å²) in [4.78, 5) is 56.0. The highest BCUT2D eigenvalue weighted by Gasteiger charge is 2.53. The molecular formula is C51H74FN3O6S. The Morgan fingerprint density at radius 1 is 0.952 bits per heavy atom. The quantitative estimate of drug-likeness (QED) is 0.0745. The van der Waals surface area contributed by atoms with E-state index in [1.165, 1.54) is 23.4 Å². The summed E-state index contributed by atoms with van der Waals surface area (Å²) < 4.78 is 30.0. The average Bonchev–Trinajstić information content (AvgIpc) is 3.57. The predicted octanol–water partition coefficient (Wildman–Crippen LogP) is 11.8. The van der Waals surface area contributed by atoms with Gasteiger partial charge in [0, 0.05) is 66.7 Å². The molecule has 2 aromatic rings. The van der Waals surface area contributed by atoms with Gasteiger partial charge in [0.05, 0.1) is 21.6 Å². The Bertz CT molecular complexity index is 2040. The number of rotatable bonds is 21. The second-order valence-electron chi connectivity index (χ2n) is 19.3. The minimum atomic E-state index is -0.592. The smallest absolute Gasteiger partial charge is 0.345 e. The molecule has 3 unspecified atom stereocenters. The highest BCUT2D eigenvalue weighted by atomic mass is 32.2. The van der Waals surface area contributed by atoms with Crippen molar-refractivity contribution in [3.05, 3.63) is 57.5 Å². The number of nitrogens with zero attached hydrogens (tertiary/aromatic N) is 2. The lowest BCUT2D eigenvalue weighted by Gasteiger charge is -2.47. The molecule has 1 aromatic heterocycles. The van der Waals surface area contributed by atoms with Crippen LogP contribution in [0, 0.1) is 22.6 Å². The third-order valence-electron chi connectivity index (χ3n) is 14.9. The van der Waals surface area contributed by atoms with E-state index in [0.717, 1.165) is 128 Å². The Morgan fingerprint density at radius 3 is 2.24 bits per heavy atom. The van der Waals surface area contributed by atoms with Gasteiger partial charge in [0.15, 0.2) is 5.78 Å². The average molecular weight is 876 g/mol. The van der Waals surface area contributed by atoms with E-state index in [9.17, 15) is 19.2 Å². The first-order valence-electron chi connectivity index (χ1n) is 24.1. The van der Waals surface area contributed by atoms with Gasteiger partial charge >= 0.3 is 11.9 Å². The van der Waals surface area contributed by atoms with Crippen LogP contribution in [-0.4, -0.2) is 60.7 Å². The molecule has 1 N–H and O–H groups in total. The maximum absolute atomic E-state index is 15.5. The standard InChI is InChI=1S/C51H74FN3O6S/c1-8-10-11-18-21-37(60-49(59)44-46(58)38-32-39(52)41(54-30-28-53-29-31-54)33-40(38)55-36(5)62-48(44)55)22-19-16-14-12-13-15-17-20-23-43(57)61-47-35(4)51(7)27-25-42(56)45(51)34(3)24-26-50(47,6)9-2/h9,32-33,35-37,47,53H,2,8,10-31H2,1,3-7H3/b45-34-/t35-,36?,37?,47-,50+,51?/m1/s1. The minimum Gasteiger partial charge on any atom is -0.461 e. The lowest BCUT2D eigenvalue weighted by atomic mass is 9.61. The number of ketones is 1. The van der Waals surface area contributed by atoms with Gasteiger partial charge in [0.2, 0.25) is 5.43 Å². The van der Waals surface area contributed by atoms with Crippen molar-refractivity contribution < 1.29 is 28.2 Å². The van der Waals surface area contributed by atoms with E-state index in [1.807, 2.05) is 22.5 Å². The van der Waals surface area contributed by atoms with E-state index in [-0.39, 0.29) is 57.0 Å². The number of Topliss-reactive ketones (excluding diaryl/α,β-unsaturated/α-hetero) is 1. The Labute approximate surface area is 374 Å². The number of aromatic nitrogens is 1. The number of esters is 2. The van der Waals surface area contributed by atoms with Crippen LogP contribution >= 0.6 is 11.8 Å². The van der Waals surface area contributed by atoms with Gasteiger partial charge in [-0.05, 0) is 77.3 Å². The third-order valence-corrected chi connectivity index (χ3v) is 16.0. The number of unbranched alkanes of at least 4 members (excludes halogenated alkanes) is 10. The van der Waals surface area contributed by atoms with Crippen molar-refractivity contribution in [3.63, 3.8) is 0 Å². The van der Waals surface area contributed by atoms with Gasteiger partial charge in [-0.3, -0.25) is 14.4 Å². The highest BCUT2D eigenvalue weighted by molar-refractivity contribution is 8.00. The van der Waals surface area contributed by atoms with E-state index in [4.69, 9.17) is 9.47 Å². The van der Waals surface area contributed by atoms with E-state index >= 15 is 4.39 Å². The molecule has 9 nitrogen and oxygen atoms in total. The monoisotopic (exact) mass is 876 g/mol. The first-order valence-corrected chi connectivity index (χ1v) is 24.9. The molecular weight excluding hydrogens is 802 g/mol. The second kappa shape index (κ2) is 21.5. The SMILES string of the molecule is C=C[C@@]1(C)CC/C(C)=C2/C(=O)CCC2(C)[C@H](C)[C@H]1OC(=O)CCCCCCCCCCC(CCCCCC)OC(=O)c1c2n(c3cc(N4CCNCC4)c(F)cc3c1=O)C(C)S2. The maximum Gasteiger partial charge on any atom is 0.345 e. The Morgan fingerprint density at radius 2 is 1.60 bits per heavy atom. The summed E-state index contributed by atoms with van der Waals surface area (Å²) in [5.41, 5.74) is 2.24. The van der Waals surface area contributed by atoms with Gasteiger partial charge in [-0.1, -0.05) is 109 Å². The number of hydrogen-bond donors (Lipinski definition) is 1. The molecule has 11 heteroatoms. The second-order valence-corrected chi connectivity index (χ2v) is 20.6. The van der Waals surface area contributed by atoms with Gasteiger partial charge in [-0.15, -0.1) is 6.58 Å². The van der Waals surface area contributed by atoms with Gasteiger partial charge in [0.1, 0.15) is 23.6 Å². The van der Waals surface area contributed by atoms with Crippen molar-refractivity contribution in [1.29, 1.82) is 0 Å². The number of carbonyl (C=O) groups excluding carboxylic acids is 3. The molecule has 0 radical (unpaired) electrons. The summed E-state index contributed by atoms with van der Waals surface area (Å²) >= 11 is 1.49. The van der Waals surface area contributed by atoms with E-state index in [2.05, 4.69) is 46.5 Å². The fraction of sp³-hybridized carbons (Fsp3) is 0.686. The van der Waals surface area contributed by atoms with Gasteiger partial charge in [0.25, 0.3) is 0 Å². The van der Waals surface area contributed by atoms with Crippen LogP contribution in [0.25, 0.3) is 10.9 Å². The molecule has 6 rings (SSSR count). The molecule has 4 aliphatic rings. The van der Waals surface area contributed by atoms with Crippen LogP contribution in [-0.2, 0) is 19.1 Å². The zero-order valence-electron chi connectivity index (χ0n) is 38.6. The Kier molecular flexibility index (Phi) is 16.6. The third kappa shape index (κ3) is 10.6. The minimum absolute atomic E-state index is 0.00623. The fourth-order valence-electron chi connectivity index (χ4n) is 10.7. The van der Waals surface area contributed by atoms with Gasteiger partial charge < -0.3 is 24.3 Å². The predicted molar refractivity (Wildman–Crippen MR) is 250 cm³/mol. The summed E-state index contributed by atoms with van der Waals surface area (Å²) in [6, 6.07) is 3.10. The number of allylic oxidation sites excluding steroid dienone is 2. The van der Waals surface area contributed by atoms with Crippen LogP contribution in [0.1, 0.15) is 179 Å².